The lowest BCUT2D eigenvalue weighted by atomic mass is 9.79. The van der Waals surface area contributed by atoms with Gasteiger partial charge in [0.05, 0.1) is 11.7 Å². The highest BCUT2D eigenvalue weighted by Crippen LogP contribution is 2.36. The zero-order chi connectivity index (χ0) is 22.0. The number of nitrogens with one attached hydrogen (secondary N) is 1. The lowest BCUT2D eigenvalue weighted by molar-refractivity contribution is -0.130. The fourth-order valence-corrected chi connectivity index (χ4v) is 4.91. The van der Waals surface area contributed by atoms with Crippen LogP contribution < -0.4 is 5.32 Å². The van der Waals surface area contributed by atoms with Crippen LogP contribution >= 0.6 is 11.3 Å². The number of imidazole rings is 1. The summed E-state index contributed by atoms with van der Waals surface area (Å²) in [6.07, 6.45) is 4.58. The first-order valence-corrected chi connectivity index (χ1v) is 11.5. The zero-order valence-electron chi connectivity index (χ0n) is 18.2. The number of aromatic nitrogens is 2. The van der Waals surface area contributed by atoms with Crippen molar-refractivity contribution >= 4 is 23.2 Å². The summed E-state index contributed by atoms with van der Waals surface area (Å²) < 4.78 is 1.76. The van der Waals surface area contributed by atoms with Gasteiger partial charge in [-0.1, -0.05) is 30.3 Å². The first-order valence-electron chi connectivity index (χ1n) is 10.6. The minimum atomic E-state index is -0.640. The molecule has 1 aliphatic rings. The summed E-state index contributed by atoms with van der Waals surface area (Å²) in [5.74, 6) is -0.103. The van der Waals surface area contributed by atoms with Gasteiger partial charge in [0.15, 0.2) is 0 Å². The van der Waals surface area contributed by atoms with Gasteiger partial charge in [0.2, 0.25) is 5.91 Å². The van der Waals surface area contributed by atoms with Gasteiger partial charge in [-0.05, 0) is 49.3 Å². The third-order valence-corrected chi connectivity index (χ3v) is 6.69. The number of aryl methyl sites for hydroxylation is 1. The average Bonchev–Trinajstić information content (AvgIpc) is 3.49. The minimum Gasteiger partial charge on any atom is -0.353 e. The molecule has 1 atom stereocenters. The Labute approximate surface area is 186 Å². The number of carbonyl (C=O) groups excluding carboxylic acids is 2. The SMILES string of the molecule is CC(C)NC(=O)C1(Cc2ccc(-c3cccs3)cc2)CCN(C(=O)c2cn(C)cn2)C1. The van der Waals surface area contributed by atoms with Crippen LogP contribution in [0.2, 0.25) is 0 Å². The number of amides is 2. The van der Waals surface area contributed by atoms with Gasteiger partial charge in [-0.25, -0.2) is 4.98 Å². The van der Waals surface area contributed by atoms with Gasteiger partial charge in [0.25, 0.3) is 5.91 Å². The molecule has 0 saturated carbocycles. The van der Waals surface area contributed by atoms with Crippen molar-refractivity contribution in [2.75, 3.05) is 13.1 Å². The maximum atomic E-state index is 13.3. The number of hydrogen-bond acceptors (Lipinski definition) is 4. The van der Waals surface area contributed by atoms with Gasteiger partial charge in [-0.3, -0.25) is 9.59 Å². The predicted molar refractivity (Wildman–Crippen MR) is 123 cm³/mol. The zero-order valence-corrected chi connectivity index (χ0v) is 19.0. The van der Waals surface area contributed by atoms with Crippen LogP contribution in [0.15, 0.2) is 54.3 Å². The molecule has 3 aromatic rings. The van der Waals surface area contributed by atoms with E-state index in [4.69, 9.17) is 0 Å². The number of benzene rings is 1. The molecule has 1 N–H and O–H groups in total. The Bertz CT molecular complexity index is 1060. The van der Waals surface area contributed by atoms with Crippen molar-refractivity contribution in [2.45, 2.75) is 32.7 Å². The van der Waals surface area contributed by atoms with E-state index in [1.165, 1.54) is 10.4 Å². The Morgan fingerprint density at radius 2 is 2.00 bits per heavy atom. The number of likely N-dealkylation sites (tertiary alicyclic amines) is 1. The molecule has 4 rings (SSSR count). The number of rotatable bonds is 6. The van der Waals surface area contributed by atoms with Crippen molar-refractivity contribution in [2.24, 2.45) is 12.5 Å². The van der Waals surface area contributed by atoms with Crippen LogP contribution in [0.25, 0.3) is 10.4 Å². The van der Waals surface area contributed by atoms with Crippen molar-refractivity contribution in [1.29, 1.82) is 0 Å². The highest BCUT2D eigenvalue weighted by Gasteiger charge is 2.46. The molecule has 31 heavy (non-hydrogen) atoms. The van der Waals surface area contributed by atoms with Gasteiger partial charge in [0, 0.05) is 37.3 Å². The summed E-state index contributed by atoms with van der Waals surface area (Å²) >= 11 is 1.71. The molecule has 3 heterocycles. The van der Waals surface area contributed by atoms with Crippen molar-refractivity contribution in [3.8, 4) is 10.4 Å². The molecule has 1 unspecified atom stereocenters. The van der Waals surface area contributed by atoms with E-state index in [1.54, 1.807) is 33.3 Å². The van der Waals surface area contributed by atoms with Crippen LogP contribution in [-0.2, 0) is 18.3 Å². The molecule has 0 aliphatic carbocycles. The Kier molecular flexibility index (Phi) is 5.96. The lowest BCUT2D eigenvalue weighted by Crippen LogP contribution is -2.47. The smallest absolute Gasteiger partial charge is 0.274 e. The molecule has 1 aromatic carbocycles. The molecule has 2 amide bonds. The van der Waals surface area contributed by atoms with Crippen molar-refractivity contribution in [3.63, 3.8) is 0 Å². The Balaban J connectivity index is 1.56. The first kappa shape index (κ1) is 21.3. The quantitative estimate of drug-likeness (QED) is 0.640. The largest absolute Gasteiger partial charge is 0.353 e. The lowest BCUT2D eigenvalue weighted by Gasteiger charge is -2.29. The average molecular weight is 437 g/mol. The number of thiophene rings is 1. The molecule has 0 bridgehead atoms. The summed E-state index contributed by atoms with van der Waals surface area (Å²) in [4.78, 5) is 33.4. The van der Waals surface area contributed by atoms with Crippen molar-refractivity contribution < 1.29 is 9.59 Å². The van der Waals surface area contributed by atoms with Crippen LogP contribution in [0.4, 0.5) is 0 Å². The van der Waals surface area contributed by atoms with Gasteiger partial charge >= 0.3 is 0 Å². The summed E-state index contributed by atoms with van der Waals surface area (Å²) in [6.45, 7) is 4.88. The van der Waals surface area contributed by atoms with Crippen molar-refractivity contribution in [1.82, 2.24) is 19.8 Å². The molecular formula is C24H28N4O2S. The summed E-state index contributed by atoms with van der Waals surface area (Å²) in [5, 5.41) is 5.16. The third kappa shape index (κ3) is 4.56. The van der Waals surface area contributed by atoms with E-state index in [-0.39, 0.29) is 17.9 Å². The summed E-state index contributed by atoms with van der Waals surface area (Å²) in [6, 6.07) is 12.6. The van der Waals surface area contributed by atoms with Gasteiger partial charge in [-0.2, -0.15) is 0 Å². The third-order valence-electron chi connectivity index (χ3n) is 5.77. The normalized spacial score (nSPS) is 18.5. The molecule has 162 valence electrons. The van der Waals surface area contributed by atoms with E-state index in [2.05, 4.69) is 46.0 Å². The first-order chi connectivity index (χ1) is 14.9. The molecular weight excluding hydrogens is 408 g/mol. The summed E-state index contributed by atoms with van der Waals surface area (Å²) in [7, 11) is 1.84. The fraction of sp³-hybridized carbons (Fsp3) is 0.375. The van der Waals surface area contributed by atoms with E-state index in [0.717, 1.165) is 5.56 Å². The molecule has 7 heteroatoms. The topological polar surface area (TPSA) is 67.2 Å². The molecule has 1 saturated heterocycles. The van der Waals surface area contributed by atoms with Crippen LogP contribution in [0, 0.1) is 5.41 Å². The molecule has 6 nitrogen and oxygen atoms in total. The van der Waals surface area contributed by atoms with Gasteiger partial charge in [-0.15, -0.1) is 11.3 Å². The number of carbonyl (C=O) groups is 2. The maximum Gasteiger partial charge on any atom is 0.274 e. The predicted octanol–water partition coefficient (Wildman–Crippen LogP) is 3.75. The minimum absolute atomic E-state index is 0.0150. The highest BCUT2D eigenvalue weighted by molar-refractivity contribution is 7.13. The van der Waals surface area contributed by atoms with Crippen LogP contribution in [-0.4, -0.2) is 45.4 Å². The van der Waals surface area contributed by atoms with E-state index in [9.17, 15) is 9.59 Å². The highest BCUT2D eigenvalue weighted by atomic mass is 32.1. The fourth-order valence-electron chi connectivity index (χ4n) is 4.18. The molecule has 0 radical (unpaired) electrons. The standard InChI is InChI=1S/C24H28N4O2S/c1-17(2)26-23(30)24(10-11-28(15-24)22(29)20-14-27(3)16-25-20)13-18-6-8-19(9-7-18)21-5-4-12-31-21/h4-9,12,14,16-17H,10-11,13,15H2,1-3H3,(H,26,30). The second-order valence-corrected chi connectivity index (χ2v) is 9.61. The van der Waals surface area contributed by atoms with E-state index >= 15 is 0 Å². The van der Waals surface area contributed by atoms with E-state index < -0.39 is 5.41 Å². The second kappa shape index (κ2) is 8.67. The Morgan fingerprint density at radius 1 is 1.23 bits per heavy atom. The monoisotopic (exact) mass is 436 g/mol. The van der Waals surface area contributed by atoms with Crippen LogP contribution in [0.5, 0.6) is 0 Å². The molecule has 0 spiro atoms. The Morgan fingerprint density at radius 3 is 2.61 bits per heavy atom. The second-order valence-electron chi connectivity index (χ2n) is 8.66. The van der Waals surface area contributed by atoms with Crippen LogP contribution in [0.1, 0.15) is 36.3 Å². The molecule has 1 fully saturated rings. The van der Waals surface area contributed by atoms with Gasteiger partial charge < -0.3 is 14.8 Å². The number of nitrogens with zero attached hydrogens (tertiary/aromatic N) is 3. The Hall–Kier alpha value is -2.93. The van der Waals surface area contributed by atoms with Crippen molar-refractivity contribution in [3.05, 3.63) is 65.6 Å². The maximum absolute atomic E-state index is 13.3. The van der Waals surface area contributed by atoms with E-state index in [0.29, 0.717) is 31.6 Å². The summed E-state index contributed by atoms with van der Waals surface area (Å²) in [5.41, 5.74) is 2.06. The van der Waals surface area contributed by atoms with Gasteiger partial charge in [0.1, 0.15) is 5.69 Å². The molecule has 2 aromatic heterocycles. The molecule has 1 aliphatic heterocycles. The van der Waals surface area contributed by atoms with Crippen LogP contribution in [0.3, 0.4) is 0 Å². The number of hydrogen-bond donors (Lipinski definition) is 1. The van der Waals surface area contributed by atoms with E-state index in [1.807, 2.05) is 27.0 Å².